The van der Waals surface area contributed by atoms with Gasteiger partial charge in [-0.05, 0) is 25.5 Å². The van der Waals surface area contributed by atoms with Gasteiger partial charge in [0.25, 0.3) is 0 Å². The van der Waals surface area contributed by atoms with Crippen LogP contribution >= 0.6 is 0 Å². The molecule has 0 aliphatic carbocycles. The molecule has 0 amide bonds. The molecule has 2 heteroatoms. The Hall–Kier alpha value is -0.860. The van der Waals surface area contributed by atoms with Gasteiger partial charge >= 0.3 is 0 Å². The highest BCUT2D eigenvalue weighted by Crippen LogP contribution is 2.18. The third-order valence-corrected chi connectivity index (χ3v) is 3.35. The summed E-state index contributed by atoms with van der Waals surface area (Å²) in [4.78, 5) is 0. The second kappa shape index (κ2) is 9.99. The fraction of sp³-hybridized carbons (Fsp3) is 0.647. The van der Waals surface area contributed by atoms with E-state index in [4.69, 9.17) is 4.74 Å². The van der Waals surface area contributed by atoms with E-state index in [2.05, 4.69) is 50.4 Å². The standard InChI is InChI=1S/C17H29NO/c1-4-6-7-8-13-19-17(14-18-5-2)16-11-9-15(3)10-12-16/h9-12,17-18H,4-8,13-14H2,1-3H3. The molecular formula is C17H29NO. The first-order chi connectivity index (χ1) is 9.27. The molecule has 0 saturated carbocycles. The van der Waals surface area contributed by atoms with E-state index in [1.54, 1.807) is 0 Å². The van der Waals surface area contributed by atoms with E-state index < -0.39 is 0 Å². The Morgan fingerprint density at radius 2 is 1.79 bits per heavy atom. The topological polar surface area (TPSA) is 21.3 Å². The Balaban J connectivity index is 2.44. The van der Waals surface area contributed by atoms with Gasteiger partial charge in [0.1, 0.15) is 0 Å². The predicted molar refractivity (Wildman–Crippen MR) is 82.6 cm³/mol. The maximum atomic E-state index is 6.05. The van der Waals surface area contributed by atoms with E-state index in [1.807, 2.05) is 0 Å². The van der Waals surface area contributed by atoms with Crippen molar-refractivity contribution in [1.29, 1.82) is 0 Å². The molecule has 1 unspecified atom stereocenters. The average Bonchev–Trinajstić information content (AvgIpc) is 2.43. The Bertz CT molecular complexity index is 321. The molecule has 2 nitrogen and oxygen atoms in total. The largest absolute Gasteiger partial charge is 0.372 e. The van der Waals surface area contributed by atoms with Crippen LogP contribution in [0.2, 0.25) is 0 Å². The average molecular weight is 263 g/mol. The Morgan fingerprint density at radius 3 is 2.42 bits per heavy atom. The highest BCUT2D eigenvalue weighted by Gasteiger charge is 2.10. The Morgan fingerprint density at radius 1 is 1.05 bits per heavy atom. The number of ether oxygens (including phenoxy) is 1. The molecule has 1 atom stereocenters. The number of benzene rings is 1. The number of likely N-dealkylation sites (N-methyl/N-ethyl adjacent to an activating group) is 1. The third kappa shape index (κ3) is 6.74. The van der Waals surface area contributed by atoms with Crippen molar-refractivity contribution < 1.29 is 4.74 Å². The lowest BCUT2D eigenvalue weighted by molar-refractivity contribution is 0.0502. The second-order valence-corrected chi connectivity index (χ2v) is 5.14. The van der Waals surface area contributed by atoms with Crippen LogP contribution in [0.3, 0.4) is 0 Å². The van der Waals surface area contributed by atoms with Gasteiger partial charge in [-0.1, -0.05) is 62.9 Å². The quantitative estimate of drug-likeness (QED) is 0.637. The molecule has 0 radical (unpaired) electrons. The molecule has 0 aliphatic heterocycles. The number of hydrogen-bond donors (Lipinski definition) is 1. The third-order valence-electron chi connectivity index (χ3n) is 3.35. The molecule has 1 N–H and O–H groups in total. The van der Waals surface area contributed by atoms with Crippen molar-refractivity contribution in [2.75, 3.05) is 19.7 Å². The van der Waals surface area contributed by atoms with Gasteiger partial charge in [-0.15, -0.1) is 0 Å². The van der Waals surface area contributed by atoms with Gasteiger partial charge in [-0.25, -0.2) is 0 Å². The summed E-state index contributed by atoms with van der Waals surface area (Å²) >= 11 is 0. The van der Waals surface area contributed by atoms with Gasteiger partial charge in [0, 0.05) is 13.2 Å². The predicted octanol–water partition coefficient (Wildman–Crippen LogP) is 4.24. The summed E-state index contributed by atoms with van der Waals surface area (Å²) in [6, 6.07) is 8.69. The SMILES string of the molecule is CCCCCCOC(CNCC)c1ccc(C)cc1. The van der Waals surface area contributed by atoms with Gasteiger partial charge in [-0.3, -0.25) is 0 Å². The summed E-state index contributed by atoms with van der Waals surface area (Å²) < 4.78 is 6.05. The molecule has 0 saturated heterocycles. The molecule has 0 bridgehead atoms. The van der Waals surface area contributed by atoms with Gasteiger partial charge in [0.05, 0.1) is 6.10 Å². The van der Waals surface area contributed by atoms with E-state index in [-0.39, 0.29) is 6.10 Å². The molecule has 0 heterocycles. The maximum Gasteiger partial charge on any atom is 0.0949 e. The summed E-state index contributed by atoms with van der Waals surface area (Å²) in [5.41, 5.74) is 2.58. The summed E-state index contributed by atoms with van der Waals surface area (Å²) in [5.74, 6) is 0. The molecule has 108 valence electrons. The van der Waals surface area contributed by atoms with Crippen LogP contribution in [0.4, 0.5) is 0 Å². The zero-order valence-corrected chi connectivity index (χ0v) is 12.7. The van der Waals surface area contributed by atoms with Gasteiger partial charge in [0.2, 0.25) is 0 Å². The molecule has 0 aliphatic rings. The minimum atomic E-state index is 0.183. The van der Waals surface area contributed by atoms with Crippen LogP contribution in [0.25, 0.3) is 0 Å². The number of unbranched alkanes of at least 4 members (excludes halogenated alkanes) is 3. The minimum Gasteiger partial charge on any atom is -0.372 e. The Labute approximate surface area is 118 Å². The van der Waals surface area contributed by atoms with Crippen molar-refractivity contribution in [3.63, 3.8) is 0 Å². The monoisotopic (exact) mass is 263 g/mol. The first-order valence-corrected chi connectivity index (χ1v) is 7.66. The van der Waals surface area contributed by atoms with Crippen LogP contribution < -0.4 is 5.32 Å². The highest BCUT2D eigenvalue weighted by molar-refractivity contribution is 5.23. The molecule has 0 aromatic heterocycles. The smallest absolute Gasteiger partial charge is 0.0949 e. The lowest BCUT2D eigenvalue weighted by Crippen LogP contribution is -2.23. The van der Waals surface area contributed by atoms with Crippen LogP contribution in [-0.4, -0.2) is 19.7 Å². The fourth-order valence-electron chi connectivity index (χ4n) is 2.08. The van der Waals surface area contributed by atoms with Crippen LogP contribution in [0, 0.1) is 6.92 Å². The van der Waals surface area contributed by atoms with E-state index >= 15 is 0 Å². The van der Waals surface area contributed by atoms with Crippen LogP contribution in [0.5, 0.6) is 0 Å². The highest BCUT2D eigenvalue weighted by atomic mass is 16.5. The first-order valence-electron chi connectivity index (χ1n) is 7.66. The molecule has 0 spiro atoms. The number of rotatable bonds is 10. The Kier molecular flexibility index (Phi) is 8.52. The van der Waals surface area contributed by atoms with Crippen LogP contribution in [0.15, 0.2) is 24.3 Å². The van der Waals surface area contributed by atoms with E-state index in [9.17, 15) is 0 Å². The molecule has 1 aromatic rings. The van der Waals surface area contributed by atoms with E-state index in [0.717, 1.165) is 19.7 Å². The summed E-state index contributed by atoms with van der Waals surface area (Å²) in [6.07, 6.45) is 5.22. The maximum absolute atomic E-state index is 6.05. The van der Waals surface area contributed by atoms with E-state index in [1.165, 1.54) is 36.8 Å². The van der Waals surface area contributed by atoms with Crippen molar-refractivity contribution in [2.24, 2.45) is 0 Å². The van der Waals surface area contributed by atoms with Gasteiger partial charge in [-0.2, -0.15) is 0 Å². The summed E-state index contributed by atoms with van der Waals surface area (Å²) in [7, 11) is 0. The zero-order valence-electron chi connectivity index (χ0n) is 12.7. The lowest BCUT2D eigenvalue weighted by atomic mass is 10.1. The number of aryl methyl sites for hydroxylation is 1. The molecule has 1 rings (SSSR count). The second-order valence-electron chi connectivity index (χ2n) is 5.14. The molecular weight excluding hydrogens is 234 g/mol. The van der Waals surface area contributed by atoms with Crippen molar-refractivity contribution in [3.8, 4) is 0 Å². The molecule has 1 aromatic carbocycles. The normalized spacial score (nSPS) is 12.6. The van der Waals surface area contributed by atoms with E-state index in [0.29, 0.717) is 0 Å². The van der Waals surface area contributed by atoms with Crippen molar-refractivity contribution in [1.82, 2.24) is 5.32 Å². The molecule has 19 heavy (non-hydrogen) atoms. The van der Waals surface area contributed by atoms with Crippen molar-refractivity contribution >= 4 is 0 Å². The lowest BCUT2D eigenvalue weighted by Gasteiger charge is -2.19. The summed E-state index contributed by atoms with van der Waals surface area (Å²) in [5, 5.41) is 3.39. The summed E-state index contributed by atoms with van der Waals surface area (Å²) in [6.45, 7) is 9.24. The minimum absolute atomic E-state index is 0.183. The van der Waals surface area contributed by atoms with Crippen molar-refractivity contribution in [2.45, 2.75) is 52.6 Å². The molecule has 0 fully saturated rings. The van der Waals surface area contributed by atoms with Crippen LogP contribution in [-0.2, 0) is 4.74 Å². The van der Waals surface area contributed by atoms with Crippen molar-refractivity contribution in [3.05, 3.63) is 35.4 Å². The van der Waals surface area contributed by atoms with Crippen LogP contribution in [0.1, 0.15) is 56.8 Å². The first kappa shape index (κ1) is 16.2. The number of hydrogen-bond acceptors (Lipinski definition) is 2. The fourth-order valence-corrected chi connectivity index (χ4v) is 2.08. The van der Waals surface area contributed by atoms with Gasteiger partial charge in [0.15, 0.2) is 0 Å². The zero-order chi connectivity index (χ0) is 13.9. The van der Waals surface area contributed by atoms with Gasteiger partial charge < -0.3 is 10.1 Å². The number of nitrogens with one attached hydrogen (secondary N) is 1.